The van der Waals surface area contributed by atoms with Gasteiger partial charge in [0.05, 0.1) is 16.6 Å². The van der Waals surface area contributed by atoms with E-state index in [9.17, 15) is 9.59 Å². The topological polar surface area (TPSA) is 84.1 Å². The highest BCUT2D eigenvalue weighted by atomic mass is 19.1. The number of hydrogen-bond acceptors (Lipinski definition) is 4. The van der Waals surface area contributed by atoms with Crippen molar-refractivity contribution in [3.63, 3.8) is 0 Å². The van der Waals surface area contributed by atoms with Crippen molar-refractivity contribution >= 4 is 16.6 Å². The van der Waals surface area contributed by atoms with E-state index in [1.165, 1.54) is 6.07 Å². The van der Waals surface area contributed by atoms with Gasteiger partial charge in [0.1, 0.15) is 5.82 Å². The number of aromatic amines is 1. The molecule has 6 nitrogen and oxygen atoms in total. The molecular weight excluding hydrogens is 323 g/mol. The Labute approximate surface area is 143 Å². The first-order chi connectivity index (χ1) is 12.0. The molecule has 0 spiro atoms. The number of nitrogens with zero attached hydrogens (tertiary/aromatic N) is 2. The van der Waals surface area contributed by atoms with Crippen molar-refractivity contribution in [1.29, 1.82) is 0 Å². The number of H-pyrrole nitrogens is 1. The summed E-state index contributed by atoms with van der Waals surface area (Å²) in [4.78, 5) is 29.2. The van der Waals surface area contributed by atoms with Crippen molar-refractivity contribution in [1.82, 2.24) is 9.55 Å². The number of rotatable bonds is 1. The lowest BCUT2D eigenvalue weighted by Gasteiger charge is -2.27. The van der Waals surface area contributed by atoms with Crippen LogP contribution in [-0.4, -0.2) is 28.2 Å². The maximum Gasteiger partial charge on any atom is 0.329 e. The Morgan fingerprint density at radius 2 is 2.00 bits per heavy atom. The first-order valence-electron chi connectivity index (χ1n) is 9.06. The van der Waals surface area contributed by atoms with Crippen molar-refractivity contribution in [3.05, 3.63) is 38.3 Å². The van der Waals surface area contributed by atoms with Crippen LogP contribution < -0.4 is 21.9 Å². The third kappa shape index (κ3) is 2.18. The van der Waals surface area contributed by atoms with Crippen LogP contribution in [0, 0.1) is 5.82 Å². The molecular formula is C18H21FN4O2. The molecule has 1 aliphatic carbocycles. The van der Waals surface area contributed by atoms with Crippen LogP contribution in [0.4, 0.5) is 10.1 Å². The van der Waals surface area contributed by atoms with Crippen LogP contribution in [-0.2, 0) is 6.42 Å². The van der Waals surface area contributed by atoms with Crippen LogP contribution >= 0.6 is 0 Å². The van der Waals surface area contributed by atoms with E-state index in [1.54, 1.807) is 4.57 Å². The zero-order chi connectivity index (χ0) is 17.3. The summed E-state index contributed by atoms with van der Waals surface area (Å²) in [5, 5.41) is 0.282. The fourth-order valence-electron chi connectivity index (χ4n) is 4.70. The minimum absolute atomic E-state index is 0.0378. The molecule has 1 saturated carbocycles. The van der Waals surface area contributed by atoms with Crippen LogP contribution in [0.2, 0.25) is 0 Å². The third-order valence-electron chi connectivity index (χ3n) is 5.86. The summed E-state index contributed by atoms with van der Waals surface area (Å²) in [6.45, 7) is 0.622. The molecule has 1 saturated heterocycles. The van der Waals surface area contributed by atoms with Gasteiger partial charge in [0, 0.05) is 30.2 Å². The standard InChI is InChI=1S/C18H21FN4O2/c19-14-7-13-15(23(10-4-5-10)18(25)21-17(13)24)12-3-1-2-11-6-9(20)8-22(11)16(12)14/h7,9-11H,1-6,8,20H2,(H,21,24,25)/t9-,11+/m0/s1. The lowest BCUT2D eigenvalue weighted by molar-refractivity contribution is 0.574. The van der Waals surface area contributed by atoms with Crippen LogP contribution in [0.3, 0.4) is 0 Å². The molecule has 7 heteroatoms. The summed E-state index contributed by atoms with van der Waals surface area (Å²) < 4.78 is 16.7. The zero-order valence-corrected chi connectivity index (χ0v) is 13.9. The van der Waals surface area contributed by atoms with Gasteiger partial charge in [-0.3, -0.25) is 14.3 Å². The molecule has 132 valence electrons. The molecule has 5 rings (SSSR count). The molecule has 2 aromatic rings. The maximum atomic E-state index is 15.1. The number of hydrogen-bond donors (Lipinski definition) is 2. The molecule has 0 radical (unpaired) electrons. The Morgan fingerprint density at radius 1 is 1.20 bits per heavy atom. The van der Waals surface area contributed by atoms with E-state index in [4.69, 9.17) is 5.73 Å². The van der Waals surface area contributed by atoms with Crippen LogP contribution in [0.1, 0.15) is 43.7 Å². The molecule has 25 heavy (non-hydrogen) atoms. The molecule has 1 aromatic heterocycles. The van der Waals surface area contributed by atoms with Crippen molar-refractivity contribution in [3.8, 4) is 0 Å². The fourth-order valence-corrected chi connectivity index (χ4v) is 4.70. The van der Waals surface area contributed by atoms with Crippen molar-refractivity contribution in [2.45, 2.75) is 56.7 Å². The minimum Gasteiger partial charge on any atom is -0.364 e. The highest BCUT2D eigenvalue weighted by molar-refractivity contribution is 5.88. The van der Waals surface area contributed by atoms with Crippen molar-refractivity contribution in [2.24, 2.45) is 5.73 Å². The van der Waals surface area contributed by atoms with Gasteiger partial charge in [0.2, 0.25) is 0 Å². The summed E-state index contributed by atoms with van der Waals surface area (Å²) in [6, 6.07) is 1.70. The smallest absolute Gasteiger partial charge is 0.329 e. The molecule has 2 aliphatic heterocycles. The number of benzene rings is 1. The number of fused-ring (bicyclic) bond motifs is 5. The van der Waals surface area contributed by atoms with Crippen molar-refractivity contribution in [2.75, 3.05) is 11.4 Å². The minimum atomic E-state index is -0.502. The second kappa shape index (κ2) is 5.17. The number of anilines is 1. The van der Waals surface area contributed by atoms with Gasteiger partial charge in [-0.1, -0.05) is 0 Å². The molecule has 3 heterocycles. The summed E-state index contributed by atoms with van der Waals surface area (Å²) in [7, 11) is 0. The number of nitrogens with two attached hydrogens (primary N) is 1. The lowest BCUT2D eigenvalue weighted by atomic mass is 10.0. The first-order valence-corrected chi connectivity index (χ1v) is 9.06. The van der Waals surface area contributed by atoms with Gasteiger partial charge in [-0.05, 0) is 44.6 Å². The molecule has 0 bridgehead atoms. The largest absolute Gasteiger partial charge is 0.364 e. The summed E-state index contributed by atoms with van der Waals surface area (Å²) >= 11 is 0. The van der Waals surface area contributed by atoms with Gasteiger partial charge in [0.15, 0.2) is 0 Å². The summed E-state index contributed by atoms with van der Waals surface area (Å²) in [5.41, 5.74) is 7.24. The van der Waals surface area contributed by atoms with Gasteiger partial charge in [-0.2, -0.15) is 0 Å². The highest BCUT2D eigenvalue weighted by Crippen LogP contribution is 2.42. The van der Waals surface area contributed by atoms with Crippen LogP contribution in [0.25, 0.3) is 10.9 Å². The monoisotopic (exact) mass is 344 g/mol. The quantitative estimate of drug-likeness (QED) is 0.819. The summed E-state index contributed by atoms with van der Waals surface area (Å²) in [5.74, 6) is -0.380. The normalized spacial score (nSPS) is 25.8. The predicted octanol–water partition coefficient (Wildman–Crippen LogP) is 1.41. The van der Waals surface area contributed by atoms with Crippen LogP contribution in [0.5, 0.6) is 0 Å². The molecule has 3 N–H and O–H groups in total. The number of aryl methyl sites for hydroxylation is 1. The number of nitrogens with one attached hydrogen (secondary N) is 1. The van der Waals surface area contributed by atoms with E-state index in [0.717, 1.165) is 37.7 Å². The third-order valence-corrected chi connectivity index (χ3v) is 5.86. The van der Waals surface area contributed by atoms with E-state index in [2.05, 4.69) is 9.88 Å². The zero-order valence-electron chi connectivity index (χ0n) is 13.9. The SMILES string of the molecule is N[C@H]1C[C@H]2CCCc3c(c(F)cc4c(=O)[nH]c(=O)n(C5CC5)c34)N2C1. The Balaban J connectivity index is 1.88. The molecule has 0 amide bonds. The van der Waals surface area contributed by atoms with Gasteiger partial charge in [-0.15, -0.1) is 0 Å². The Kier molecular flexibility index (Phi) is 3.13. The van der Waals surface area contributed by atoms with Gasteiger partial charge in [0.25, 0.3) is 5.56 Å². The molecule has 3 aliphatic rings. The second-order valence-corrected chi connectivity index (χ2v) is 7.64. The number of halogens is 1. The average molecular weight is 344 g/mol. The predicted molar refractivity (Wildman–Crippen MR) is 93.7 cm³/mol. The van der Waals surface area contributed by atoms with Crippen LogP contribution in [0.15, 0.2) is 15.7 Å². The van der Waals surface area contributed by atoms with E-state index in [-0.39, 0.29) is 35.0 Å². The van der Waals surface area contributed by atoms with Gasteiger partial charge in [-0.25, -0.2) is 9.18 Å². The highest BCUT2D eigenvalue weighted by Gasteiger charge is 2.37. The van der Waals surface area contributed by atoms with Crippen molar-refractivity contribution < 1.29 is 4.39 Å². The second-order valence-electron chi connectivity index (χ2n) is 7.64. The van der Waals surface area contributed by atoms with Gasteiger partial charge < -0.3 is 10.6 Å². The fraction of sp³-hybridized carbons (Fsp3) is 0.556. The lowest BCUT2D eigenvalue weighted by Crippen LogP contribution is -2.33. The van der Waals surface area contributed by atoms with E-state index >= 15 is 4.39 Å². The van der Waals surface area contributed by atoms with E-state index in [0.29, 0.717) is 24.2 Å². The Hall–Kier alpha value is -2.15. The molecule has 0 unspecified atom stereocenters. The van der Waals surface area contributed by atoms with E-state index in [1.807, 2.05) is 0 Å². The number of aromatic nitrogens is 2. The maximum absolute atomic E-state index is 15.1. The molecule has 1 aromatic carbocycles. The first kappa shape index (κ1) is 15.1. The Bertz CT molecular complexity index is 991. The van der Waals surface area contributed by atoms with Gasteiger partial charge >= 0.3 is 5.69 Å². The molecule has 2 fully saturated rings. The Morgan fingerprint density at radius 3 is 2.76 bits per heavy atom. The molecule has 2 atom stereocenters. The van der Waals surface area contributed by atoms with E-state index < -0.39 is 5.56 Å². The summed E-state index contributed by atoms with van der Waals surface area (Å²) in [6.07, 6.45) is 5.25. The average Bonchev–Trinajstić information content (AvgIpc) is 3.34.